The van der Waals surface area contributed by atoms with Gasteiger partial charge in [-0.3, -0.25) is 0 Å². The van der Waals surface area contributed by atoms with Crippen molar-refractivity contribution in [2.45, 2.75) is 25.4 Å². The third kappa shape index (κ3) is 5.86. The predicted molar refractivity (Wildman–Crippen MR) is 94.8 cm³/mol. The molecule has 2 aromatic rings. The standard InChI is InChI=1S/C19H24N2O4/c1-20-11-15-9-5-6-10-16(15)18(23)17(22)12-21-19(24)25-13-14-7-3-2-4-8-14/h2-10,17-18,20,22-23H,11-13H2,1H3,(H,21,24). The van der Waals surface area contributed by atoms with E-state index in [0.717, 1.165) is 11.1 Å². The van der Waals surface area contributed by atoms with Gasteiger partial charge in [0.25, 0.3) is 0 Å². The molecule has 0 aliphatic carbocycles. The van der Waals surface area contributed by atoms with Gasteiger partial charge in [0.2, 0.25) is 0 Å². The fourth-order valence-electron chi connectivity index (χ4n) is 2.46. The normalized spacial score (nSPS) is 13.1. The van der Waals surface area contributed by atoms with E-state index in [1.807, 2.05) is 49.5 Å². The zero-order valence-corrected chi connectivity index (χ0v) is 14.2. The van der Waals surface area contributed by atoms with Crippen molar-refractivity contribution in [3.05, 3.63) is 71.3 Å². The summed E-state index contributed by atoms with van der Waals surface area (Å²) in [6.07, 6.45) is -2.88. The molecule has 4 N–H and O–H groups in total. The maximum absolute atomic E-state index is 11.7. The van der Waals surface area contributed by atoms with Crippen molar-refractivity contribution in [2.75, 3.05) is 13.6 Å². The SMILES string of the molecule is CNCc1ccccc1C(O)C(O)CNC(=O)OCc1ccccc1. The molecule has 0 spiro atoms. The zero-order valence-electron chi connectivity index (χ0n) is 14.2. The second kappa shape index (κ2) is 9.78. The molecule has 6 nitrogen and oxygen atoms in total. The highest BCUT2D eigenvalue weighted by Gasteiger charge is 2.21. The summed E-state index contributed by atoms with van der Waals surface area (Å²) in [5.74, 6) is 0. The first-order valence-electron chi connectivity index (χ1n) is 8.15. The number of hydrogen-bond acceptors (Lipinski definition) is 5. The molecule has 0 saturated heterocycles. The molecular weight excluding hydrogens is 320 g/mol. The van der Waals surface area contributed by atoms with E-state index in [-0.39, 0.29) is 13.2 Å². The van der Waals surface area contributed by atoms with Crippen LogP contribution < -0.4 is 10.6 Å². The van der Waals surface area contributed by atoms with Crippen molar-refractivity contribution in [3.8, 4) is 0 Å². The first-order valence-corrected chi connectivity index (χ1v) is 8.15. The summed E-state index contributed by atoms with van der Waals surface area (Å²) in [6, 6.07) is 16.6. The summed E-state index contributed by atoms with van der Waals surface area (Å²) in [7, 11) is 1.81. The van der Waals surface area contributed by atoms with Crippen molar-refractivity contribution in [1.82, 2.24) is 10.6 Å². The number of aliphatic hydroxyl groups excluding tert-OH is 2. The van der Waals surface area contributed by atoms with Crippen molar-refractivity contribution >= 4 is 6.09 Å². The predicted octanol–water partition coefficient (Wildman–Crippen LogP) is 1.73. The Morgan fingerprint density at radius 3 is 2.48 bits per heavy atom. The van der Waals surface area contributed by atoms with Gasteiger partial charge < -0.3 is 25.6 Å². The highest BCUT2D eigenvalue weighted by molar-refractivity contribution is 5.67. The van der Waals surface area contributed by atoms with Gasteiger partial charge in [0.1, 0.15) is 18.8 Å². The lowest BCUT2D eigenvalue weighted by atomic mass is 9.98. The van der Waals surface area contributed by atoms with Crippen LogP contribution in [0.4, 0.5) is 4.79 Å². The number of rotatable bonds is 8. The first kappa shape index (κ1) is 18.9. The molecule has 1 amide bonds. The average molecular weight is 344 g/mol. The second-order valence-electron chi connectivity index (χ2n) is 5.68. The summed E-state index contributed by atoms with van der Waals surface area (Å²) in [5, 5.41) is 26.0. The molecule has 2 rings (SSSR count). The summed E-state index contributed by atoms with van der Waals surface area (Å²) < 4.78 is 5.07. The maximum atomic E-state index is 11.7. The molecular formula is C19H24N2O4. The Balaban J connectivity index is 1.83. The molecule has 0 fully saturated rings. The molecule has 0 heterocycles. The van der Waals surface area contributed by atoms with Gasteiger partial charge in [-0.25, -0.2) is 4.79 Å². The zero-order chi connectivity index (χ0) is 18.1. The van der Waals surface area contributed by atoms with Crippen LogP contribution in [0.3, 0.4) is 0 Å². The minimum Gasteiger partial charge on any atom is -0.445 e. The van der Waals surface area contributed by atoms with Gasteiger partial charge in [0.05, 0.1) is 0 Å². The van der Waals surface area contributed by atoms with Crippen LogP contribution in [-0.2, 0) is 17.9 Å². The van der Waals surface area contributed by atoms with E-state index in [0.29, 0.717) is 12.1 Å². The Morgan fingerprint density at radius 2 is 1.76 bits per heavy atom. The Bertz CT molecular complexity index is 663. The minimum atomic E-state index is -1.14. The number of ether oxygens (including phenoxy) is 1. The smallest absolute Gasteiger partial charge is 0.407 e. The Kier molecular flexibility index (Phi) is 7.40. The Labute approximate surface area is 147 Å². The van der Waals surface area contributed by atoms with Crippen LogP contribution >= 0.6 is 0 Å². The van der Waals surface area contributed by atoms with Gasteiger partial charge in [0, 0.05) is 13.1 Å². The third-order valence-corrected chi connectivity index (χ3v) is 3.77. The van der Waals surface area contributed by atoms with Crippen LogP contribution in [0.2, 0.25) is 0 Å². The molecule has 2 aromatic carbocycles. The molecule has 25 heavy (non-hydrogen) atoms. The number of alkyl carbamates (subject to hydrolysis) is 1. The van der Waals surface area contributed by atoms with E-state index in [2.05, 4.69) is 10.6 Å². The van der Waals surface area contributed by atoms with Crippen molar-refractivity contribution in [2.24, 2.45) is 0 Å². The van der Waals surface area contributed by atoms with Crippen molar-refractivity contribution < 1.29 is 19.7 Å². The quantitative estimate of drug-likeness (QED) is 0.585. The lowest BCUT2D eigenvalue weighted by molar-refractivity contribution is 0.0178. The molecule has 0 radical (unpaired) electrons. The van der Waals surface area contributed by atoms with Crippen LogP contribution in [0.1, 0.15) is 22.8 Å². The number of benzene rings is 2. The molecule has 134 valence electrons. The summed E-state index contributed by atoms with van der Waals surface area (Å²) in [4.78, 5) is 11.7. The second-order valence-corrected chi connectivity index (χ2v) is 5.68. The number of amides is 1. The lowest BCUT2D eigenvalue weighted by Crippen LogP contribution is -2.36. The van der Waals surface area contributed by atoms with Crippen LogP contribution in [0.5, 0.6) is 0 Å². The monoisotopic (exact) mass is 344 g/mol. The molecule has 6 heteroatoms. The Hall–Kier alpha value is -2.41. The number of nitrogens with one attached hydrogen (secondary N) is 2. The summed E-state index contributed by atoms with van der Waals surface area (Å²) in [5.41, 5.74) is 2.39. The van der Waals surface area contributed by atoms with Crippen molar-refractivity contribution in [1.29, 1.82) is 0 Å². The van der Waals surface area contributed by atoms with Gasteiger partial charge in [-0.15, -0.1) is 0 Å². The van der Waals surface area contributed by atoms with Gasteiger partial charge in [-0.2, -0.15) is 0 Å². The topological polar surface area (TPSA) is 90.8 Å². The largest absolute Gasteiger partial charge is 0.445 e. The van der Waals surface area contributed by atoms with E-state index < -0.39 is 18.3 Å². The van der Waals surface area contributed by atoms with E-state index in [4.69, 9.17) is 4.74 Å². The number of carbonyl (C=O) groups excluding carboxylic acids is 1. The van der Waals surface area contributed by atoms with Gasteiger partial charge >= 0.3 is 6.09 Å². The average Bonchev–Trinajstić information content (AvgIpc) is 2.65. The molecule has 2 unspecified atom stereocenters. The van der Waals surface area contributed by atoms with Crippen LogP contribution in [0.15, 0.2) is 54.6 Å². The highest BCUT2D eigenvalue weighted by Crippen LogP contribution is 2.21. The highest BCUT2D eigenvalue weighted by atomic mass is 16.5. The lowest BCUT2D eigenvalue weighted by Gasteiger charge is -2.21. The molecule has 2 atom stereocenters. The van der Waals surface area contributed by atoms with Crippen LogP contribution in [0.25, 0.3) is 0 Å². The van der Waals surface area contributed by atoms with E-state index in [1.165, 1.54) is 0 Å². The fourth-order valence-corrected chi connectivity index (χ4v) is 2.46. The van der Waals surface area contributed by atoms with E-state index >= 15 is 0 Å². The first-order chi connectivity index (χ1) is 12.1. The van der Waals surface area contributed by atoms with Crippen LogP contribution in [-0.4, -0.2) is 36.0 Å². The van der Waals surface area contributed by atoms with Crippen molar-refractivity contribution in [3.63, 3.8) is 0 Å². The third-order valence-electron chi connectivity index (χ3n) is 3.77. The van der Waals surface area contributed by atoms with Crippen LogP contribution in [0, 0.1) is 0 Å². The van der Waals surface area contributed by atoms with E-state index in [1.54, 1.807) is 12.1 Å². The fraction of sp³-hybridized carbons (Fsp3) is 0.316. The van der Waals surface area contributed by atoms with Gasteiger partial charge in [-0.1, -0.05) is 54.6 Å². The Morgan fingerprint density at radius 1 is 1.08 bits per heavy atom. The maximum Gasteiger partial charge on any atom is 0.407 e. The molecule has 0 aliphatic heterocycles. The molecule has 0 aromatic heterocycles. The molecule has 0 bridgehead atoms. The number of aliphatic hydroxyl groups is 2. The molecule has 0 aliphatic rings. The summed E-state index contributed by atoms with van der Waals surface area (Å²) in [6.45, 7) is 0.617. The number of carbonyl (C=O) groups is 1. The van der Waals surface area contributed by atoms with E-state index in [9.17, 15) is 15.0 Å². The molecule has 0 saturated carbocycles. The van der Waals surface area contributed by atoms with Gasteiger partial charge in [0.15, 0.2) is 0 Å². The summed E-state index contributed by atoms with van der Waals surface area (Å²) >= 11 is 0. The van der Waals surface area contributed by atoms with Gasteiger partial charge in [-0.05, 0) is 23.7 Å². The minimum absolute atomic E-state index is 0.108. The number of hydrogen-bond donors (Lipinski definition) is 4.